The van der Waals surface area contributed by atoms with Gasteiger partial charge in [-0.3, -0.25) is 4.79 Å². The molecule has 0 aliphatic rings. The first-order chi connectivity index (χ1) is 11.1. The molecule has 0 N–H and O–H groups in total. The molecule has 130 valence electrons. The molecule has 0 bridgehead atoms. The molecule has 1 aromatic rings. The van der Waals surface area contributed by atoms with E-state index in [4.69, 9.17) is 16.3 Å². The van der Waals surface area contributed by atoms with Crippen molar-refractivity contribution in [2.45, 2.75) is 71.6 Å². The van der Waals surface area contributed by atoms with Crippen molar-refractivity contribution in [3.63, 3.8) is 0 Å². The highest BCUT2D eigenvalue weighted by Gasteiger charge is 2.00. The molecule has 0 aromatic heterocycles. The minimum absolute atomic E-state index is 0.0714. The summed E-state index contributed by atoms with van der Waals surface area (Å²) >= 11 is 5.25. The Hall–Kier alpha value is -1.02. The molecule has 0 saturated heterocycles. The normalized spacial score (nSPS) is 11.0. The van der Waals surface area contributed by atoms with Gasteiger partial charge in [0.05, 0.1) is 0 Å². The Balaban J connectivity index is 2.02. The Bertz CT molecular complexity index is 426. The summed E-state index contributed by atoms with van der Waals surface area (Å²) in [7, 11) is 0. The van der Waals surface area contributed by atoms with E-state index in [0.29, 0.717) is 5.75 Å². The molecule has 2 nitrogen and oxygen atoms in total. The lowest BCUT2D eigenvalue weighted by molar-refractivity contribution is -0.113. The number of carbonyl (C=O) groups is 1. The van der Waals surface area contributed by atoms with Crippen LogP contribution in [0.15, 0.2) is 24.3 Å². The summed E-state index contributed by atoms with van der Waals surface area (Å²) in [5.41, 5.74) is 1.33. The first-order valence-electron chi connectivity index (χ1n) is 8.98. The number of carbonyl (C=O) groups excluding carboxylic acids is 1. The van der Waals surface area contributed by atoms with Crippen molar-refractivity contribution in [3.05, 3.63) is 29.8 Å². The minimum Gasteiger partial charge on any atom is -0.484 e. The van der Waals surface area contributed by atoms with Crippen molar-refractivity contribution in [2.75, 3.05) is 6.61 Å². The number of ether oxygens (including phenoxy) is 1. The third kappa shape index (κ3) is 11.2. The maximum absolute atomic E-state index is 10.6. The van der Waals surface area contributed by atoms with Gasteiger partial charge in [0.15, 0.2) is 6.61 Å². The highest BCUT2D eigenvalue weighted by atomic mass is 35.5. The zero-order chi connectivity index (χ0) is 16.9. The van der Waals surface area contributed by atoms with Gasteiger partial charge >= 0.3 is 0 Å². The van der Waals surface area contributed by atoms with Crippen molar-refractivity contribution >= 4 is 16.8 Å². The van der Waals surface area contributed by atoms with Crippen LogP contribution in [0.3, 0.4) is 0 Å². The van der Waals surface area contributed by atoms with E-state index in [1.54, 1.807) is 0 Å². The summed E-state index contributed by atoms with van der Waals surface area (Å²) in [4.78, 5) is 10.6. The standard InChI is InChI=1S/C20H31ClO2/c1-17(2)10-8-6-4-3-5-7-9-11-18-12-14-19(15-13-18)23-16-20(21)22/h12-15,17H,3-11,16H2,1-2H3. The summed E-state index contributed by atoms with van der Waals surface area (Å²) in [6.45, 7) is 4.53. The Labute approximate surface area is 146 Å². The van der Waals surface area contributed by atoms with Crippen LogP contribution in [-0.4, -0.2) is 11.8 Å². The third-order valence-electron chi connectivity index (χ3n) is 4.02. The number of hydrogen-bond acceptors (Lipinski definition) is 2. The van der Waals surface area contributed by atoms with Gasteiger partial charge in [-0.25, -0.2) is 0 Å². The Kier molecular flexibility index (Phi) is 10.8. The van der Waals surface area contributed by atoms with Gasteiger partial charge in [-0.15, -0.1) is 0 Å². The zero-order valence-corrected chi connectivity index (χ0v) is 15.4. The molecule has 0 radical (unpaired) electrons. The number of halogens is 1. The lowest BCUT2D eigenvalue weighted by Crippen LogP contribution is -2.04. The van der Waals surface area contributed by atoms with Gasteiger partial charge < -0.3 is 4.74 Å². The largest absolute Gasteiger partial charge is 0.484 e. The van der Waals surface area contributed by atoms with Gasteiger partial charge in [-0.1, -0.05) is 70.9 Å². The lowest BCUT2D eigenvalue weighted by Gasteiger charge is -2.06. The predicted octanol–water partition coefficient (Wildman–Crippen LogP) is 6.15. The summed E-state index contributed by atoms with van der Waals surface area (Å²) < 4.78 is 5.25. The van der Waals surface area contributed by atoms with E-state index in [0.717, 1.165) is 12.3 Å². The average Bonchev–Trinajstić information content (AvgIpc) is 2.52. The molecule has 1 aromatic carbocycles. The highest BCUT2D eigenvalue weighted by Crippen LogP contribution is 2.16. The van der Waals surface area contributed by atoms with Crippen molar-refractivity contribution in [2.24, 2.45) is 5.92 Å². The maximum Gasteiger partial charge on any atom is 0.259 e. The first kappa shape index (κ1) is 20.0. The van der Waals surface area contributed by atoms with E-state index in [2.05, 4.69) is 26.0 Å². The van der Waals surface area contributed by atoms with Crippen LogP contribution in [0.1, 0.15) is 70.8 Å². The van der Waals surface area contributed by atoms with Crippen molar-refractivity contribution in [1.29, 1.82) is 0 Å². The molecule has 0 spiro atoms. The Morgan fingerprint density at radius 2 is 1.52 bits per heavy atom. The van der Waals surface area contributed by atoms with E-state index in [9.17, 15) is 4.79 Å². The lowest BCUT2D eigenvalue weighted by atomic mass is 10.0. The monoisotopic (exact) mass is 338 g/mol. The Morgan fingerprint density at radius 3 is 2.09 bits per heavy atom. The van der Waals surface area contributed by atoms with Crippen LogP contribution in [0, 0.1) is 5.92 Å². The van der Waals surface area contributed by atoms with E-state index < -0.39 is 5.24 Å². The van der Waals surface area contributed by atoms with Crippen LogP contribution < -0.4 is 4.74 Å². The summed E-state index contributed by atoms with van der Waals surface area (Å²) in [5, 5.41) is -0.474. The molecular formula is C20H31ClO2. The third-order valence-corrected chi connectivity index (χ3v) is 4.13. The van der Waals surface area contributed by atoms with Crippen LogP contribution in [0.2, 0.25) is 0 Å². The fraction of sp³-hybridized carbons (Fsp3) is 0.650. The van der Waals surface area contributed by atoms with E-state index in [1.165, 1.54) is 56.9 Å². The topological polar surface area (TPSA) is 26.3 Å². The Morgan fingerprint density at radius 1 is 0.957 bits per heavy atom. The van der Waals surface area contributed by atoms with Gasteiger partial charge in [0.2, 0.25) is 0 Å². The van der Waals surface area contributed by atoms with Gasteiger partial charge in [0, 0.05) is 0 Å². The van der Waals surface area contributed by atoms with Gasteiger partial charge in [-0.2, -0.15) is 0 Å². The SMILES string of the molecule is CC(C)CCCCCCCCCc1ccc(OCC(=O)Cl)cc1. The molecule has 0 atom stereocenters. The molecule has 0 aliphatic carbocycles. The van der Waals surface area contributed by atoms with Gasteiger partial charge in [0.25, 0.3) is 5.24 Å². The van der Waals surface area contributed by atoms with Gasteiger partial charge in [0.1, 0.15) is 5.75 Å². The number of unbranched alkanes of at least 4 members (excludes halogenated alkanes) is 6. The molecular weight excluding hydrogens is 308 g/mol. The van der Waals surface area contributed by atoms with Crippen molar-refractivity contribution in [1.82, 2.24) is 0 Å². The second-order valence-electron chi connectivity index (χ2n) is 6.70. The van der Waals surface area contributed by atoms with Crippen molar-refractivity contribution in [3.8, 4) is 5.75 Å². The maximum atomic E-state index is 10.6. The molecule has 0 saturated carbocycles. The quantitative estimate of drug-likeness (QED) is 0.318. The van der Waals surface area contributed by atoms with Crippen molar-refractivity contribution < 1.29 is 9.53 Å². The van der Waals surface area contributed by atoms with Crippen LogP contribution >= 0.6 is 11.6 Å². The number of benzene rings is 1. The predicted molar refractivity (Wildman–Crippen MR) is 98.3 cm³/mol. The van der Waals surface area contributed by atoms with E-state index in [1.807, 2.05) is 12.1 Å². The molecule has 0 heterocycles. The van der Waals surface area contributed by atoms with Crippen LogP contribution in [-0.2, 0) is 11.2 Å². The van der Waals surface area contributed by atoms with Crippen LogP contribution in [0.5, 0.6) is 5.75 Å². The molecule has 0 fully saturated rings. The van der Waals surface area contributed by atoms with E-state index in [-0.39, 0.29) is 6.61 Å². The second kappa shape index (κ2) is 12.4. The van der Waals surface area contributed by atoms with Crippen LogP contribution in [0.25, 0.3) is 0 Å². The fourth-order valence-electron chi connectivity index (χ4n) is 2.66. The number of aryl methyl sites for hydroxylation is 1. The number of rotatable bonds is 13. The smallest absolute Gasteiger partial charge is 0.259 e. The van der Waals surface area contributed by atoms with Gasteiger partial charge in [-0.05, 0) is 48.1 Å². The van der Waals surface area contributed by atoms with E-state index >= 15 is 0 Å². The summed E-state index contributed by atoms with van der Waals surface area (Å²) in [6, 6.07) is 7.95. The number of hydrogen-bond donors (Lipinski definition) is 0. The second-order valence-corrected chi connectivity index (χ2v) is 7.12. The molecule has 23 heavy (non-hydrogen) atoms. The minimum atomic E-state index is -0.474. The molecule has 1 rings (SSSR count). The molecule has 3 heteroatoms. The first-order valence-corrected chi connectivity index (χ1v) is 9.36. The molecule has 0 aliphatic heterocycles. The summed E-state index contributed by atoms with van der Waals surface area (Å²) in [6.07, 6.45) is 11.9. The summed E-state index contributed by atoms with van der Waals surface area (Å²) in [5.74, 6) is 1.55. The average molecular weight is 339 g/mol. The molecule has 0 amide bonds. The zero-order valence-electron chi connectivity index (χ0n) is 14.7. The van der Waals surface area contributed by atoms with Crippen LogP contribution in [0.4, 0.5) is 0 Å². The molecule has 0 unspecified atom stereocenters. The fourth-order valence-corrected chi connectivity index (χ4v) is 2.71. The highest BCUT2D eigenvalue weighted by molar-refractivity contribution is 6.63.